The van der Waals surface area contributed by atoms with Crippen molar-refractivity contribution >= 4 is 10.9 Å². The molecule has 1 atom stereocenters. The number of ether oxygens (including phenoxy) is 1. The molecule has 1 saturated heterocycles. The van der Waals surface area contributed by atoms with Crippen molar-refractivity contribution in [3.63, 3.8) is 0 Å². The van der Waals surface area contributed by atoms with Crippen LogP contribution < -0.4 is 0 Å². The molecule has 14 heavy (non-hydrogen) atoms. The summed E-state index contributed by atoms with van der Waals surface area (Å²) < 4.78 is 5.64. The van der Waals surface area contributed by atoms with E-state index in [1.165, 1.54) is 16.5 Å². The summed E-state index contributed by atoms with van der Waals surface area (Å²) in [6.45, 7) is 4.25. The van der Waals surface area contributed by atoms with Crippen molar-refractivity contribution in [1.82, 2.24) is 4.98 Å². The molecule has 2 nitrogen and oxygen atoms in total. The molecule has 1 aliphatic rings. The van der Waals surface area contributed by atoms with Gasteiger partial charge in [-0.25, -0.2) is 0 Å². The SMILES string of the molecule is CC1(C)OC1c1c[nH]c2ccccc12. The summed E-state index contributed by atoms with van der Waals surface area (Å²) in [5, 5.41) is 1.28. The smallest absolute Gasteiger partial charge is 0.114 e. The number of aromatic nitrogens is 1. The first-order chi connectivity index (χ1) is 6.68. The van der Waals surface area contributed by atoms with Gasteiger partial charge in [-0.05, 0) is 19.9 Å². The quantitative estimate of drug-likeness (QED) is 0.683. The molecule has 0 radical (unpaired) electrons. The summed E-state index contributed by atoms with van der Waals surface area (Å²) in [6.07, 6.45) is 2.32. The molecule has 0 aliphatic carbocycles. The molecule has 3 rings (SSSR count). The molecule has 0 spiro atoms. The molecule has 2 aromatic rings. The van der Waals surface area contributed by atoms with Gasteiger partial charge in [0, 0.05) is 22.7 Å². The van der Waals surface area contributed by atoms with Crippen molar-refractivity contribution in [3.8, 4) is 0 Å². The van der Waals surface area contributed by atoms with Gasteiger partial charge in [0.25, 0.3) is 0 Å². The van der Waals surface area contributed by atoms with Crippen molar-refractivity contribution in [2.75, 3.05) is 0 Å². The number of H-pyrrole nitrogens is 1. The fraction of sp³-hybridized carbons (Fsp3) is 0.333. The predicted octanol–water partition coefficient (Wildman–Crippen LogP) is 3.02. The minimum atomic E-state index is 0.0188. The summed E-state index contributed by atoms with van der Waals surface area (Å²) in [6, 6.07) is 8.34. The Labute approximate surface area is 82.9 Å². The monoisotopic (exact) mass is 187 g/mol. The minimum absolute atomic E-state index is 0.0188. The molecule has 1 aromatic heterocycles. The van der Waals surface area contributed by atoms with Gasteiger partial charge in [0.05, 0.1) is 5.60 Å². The summed E-state index contributed by atoms with van der Waals surface area (Å²) in [4.78, 5) is 3.27. The van der Waals surface area contributed by atoms with E-state index in [1.54, 1.807) is 0 Å². The van der Waals surface area contributed by atoms with E-state index in [-0.39, 0.29) is 11.7 Å². The van der Waals surface area contributed by atoms with Crippen molar-refractivity contribution in [2.24, 2.45) is 0 Å². The van der Waals surface area contributed by atoms with E-state index in [4.69, 9.17) is 4.74 Å². The second kappa shape index (κ2) is 2.39. The lowest BCUT2D eigenvalue weighted by Gasteiger charge is -1.95. The Morgan fingerprint density at radius 2 is 2.00 bits per heavy atom. The Balaban J connectivity index is 2.15. The second-order valence-corrected chi connectivity index (χ2v) is 4.39. The van der Waals surface area contributed by atoms with Gasteiger partial charge >= 0.3 is 0 Å². The lowest BCUT2D eigenvalue weighted by atomic mass is 10.0. The largest absolute Gasteiger partial charge is 0.361 e. The van der Waals surface area contributed by atoms with Gasteiger partial charge < -0.3 is 9.72 Å². The van der Waals surface area contributed by atoms with Crippen LogP contribution in [0.25, 0.3) is 10.9 Å². The van der Waals surface area contributed by atoms with Crippen LogP contribution in [0.15, 0.2) is 30.5 Å². The summed E-state index contributed by atoms with van der Waals surface area (Å²) >= 11 is 0. The summed E-state index contributed by atoms with van der Waals surface area (Å²) in [5.74, 6) is 0. The molecule has 1 N–H and O–H groups in total. The fourth-order valence-corrected chi connectivity index (χ4v) is 2.02. The molecule has 72 valence electrons. The molecule has 2 heterocycles. The molecular formula is C12H13NO. The van der Waals surface area contributed by atoms with Crippen LogP contribution in [0.4, 0.5) is 0 Å². The standard InChI is InChI=1S/C12H13NO/c1-12(2)11(14-12)9-7-13-10-6-4-3-5-8(9)10/h3-7,11,13H,1-2H3. The highest BCUT2D eigenvalue weighted by Gasteiger charge is 2.49. The molecule has 1 aromatic carbocycles. The lowest BCUT2D eigenvalue weighted by molar-refractivity contribution is 0.326. The fourth-order valence-electron chi connectivity index (χ4n) is 2.02. The topological polar surface area (TPSA) is 28.3 Å². The first-order valence-electron chi connectivity index (χ1n) is 4.92. The summed E-state index contributed by atoms with van der Waals surface area (Å²) in [5.41, 5.74) is 2.49. The van der Waals surface area contributed by atoms with Crippen LogP contribution in [0.5, 0.6) is 0 Å². The maximum absolute atomic E-state index is 5.64. The van der Waals surface area contributed by atoms with Crippen LogP contribution in [-0.4, -0.2) is 10.6 Å². The number of rotatable bonds is 1. The number of hydrogen-bond acceptors (Lipinski definition) is 1. The van der Waals surface area contributed by atoms with Gasteiger partial charge in [0.2, 0.25) is 0 Å². The third kappa shape index (κ3) is 1.01. The van der Waals surface area contributed by atoms with E-state index in [2.05, 4.69) is 43.2 Å². The number of hydrogen-bond donors (Lipinski definition) is 1. The van der Waals surface area contributed by atoms with Crippen LogP contribution in [-0.2, 0) is 4.74 Å². The van der Waals surface area contributed by atoms with Crippen LogP contribution in [0.1, 0.15) is 25.5 Å². The molecule has 0 bridgehead atoms. The van der Waals surface area contributed by atoms with E-state index in [9.17, 15) is 0 Å². The predicted molar refractivity (Wildman–Crippen MR) is 56.2 cm³/mol. The van der Waals surface area contributed by atoms with Gasteiger partial charge in [0.1, 0.15) is 6.10 Å². The Morgan fingerprint density at radius 3 is 2.71 bits per heavy atom. The van der Waals surface area contributed by atoms with Gasteiger partial charge in [-0.3, -0.25) is 0 Å². The lowest BCUT2D eigenvalue weighted by Crippen LogP contribution is -1.96. The highest BCUT2D eigenvalue weighted by atomic mass is 16.6. The molecular weight excluding hydrogens is 174 g/mol. The third-order valence-corrected chi connectivity index (χ3v) is 2.90. The maximum Gasteiger partial charge on any atom is 0.114 e. The van der Waals surface area contributed by atoms with Gasteiger partial charge in [-0.2, -0.15) is 0 Å². The number of aromatic amines is 1. The van der Waals surface area contributed by atoms with Gasteiger partial charge in [0.15, 0.2) is 0 Å². The highest BCUT2D eigenvalue weighted by molar-refractivity contribution is 5.83. The number of fused-ring (bicyclic) bond motifs is 1. The van der Waals surface area contributed by atoms with Crippen LogP contribution in [0.2, 0.25) is 0 Å². The number of para-hydroxylation sites is 1. The van der Waals surface area contributed by atoms with E-state index < -0.39 is 0 Å². The number of epoxide rings is 1. The molecule has 1 unspecified atom stereocenters. The number of nitrogens with one attached hydrogen (secondary N) is 1. The van der Waals surface area contributed by atoms with Crippen LogP contribution in [0.3, 0.4) is 0 Å². The molecule has 1 fully saturated rings. The average Bonchev–Trinajstić information content (AvgIpc) is 2.63. The third-order valence-electron chi connectivity index (χ3n) is 2.90. The van der Waals surface area contributed by atoms with E-state index >= 15 is 0 Å². The average molecular weight is 187 g/mol. The minimum Gasteiger partial charge on any atom is -0.361 e. The van der Waals surface area contributed by atoms with E-state index in [0.717, 1.165) is 0 Å². The first-order valence-corrected chi connectivity index (χ1v) is 4.92. The van der Waals surface area contributed by atoms with Gasteiger partial charge in [-0.15, -0.1) is 0 Å². The zero-order valence-electron chi connectivity index (χ0n) is 8.37. The normalized spacial score (nSPS) is 24.0. The van der Waals surface area contributed by atoms with E-state index in [1.807, 2.05) is 6.07 Å². The Hall–Kier alpha value is -1.28. The maximum atomic E-state index is 5.64. The van der Waals surface area contributed by atoms with E-state index in [0.29, 0.717) is 0 Å². The van der Waals surface area contributed by atoms with Crippen LogP contribution >= 0.6 is 0 Å². The molecule has 2 heteroatoms. The Morgan fingerprint density at radius 1 is 1.29 bits per heavy atom. The first kappa shape index (κ1) is 8.06. The Bertz CT molecular complexity index is 484. The zero-order valence-corrected chi connectivity index (χ0v) is 8.37. The molecule has 0 amide bonds. The van der Waals surface area contributed by atoms with Crippen molar-refractivity contribution in [1.29, 1.82) is 0 Å². The zero-order chi connectivity index (χ0) is 9.76. The van der Waals surface area contributed by atoms with Gasteiger partial charge in [-0.1, -0.05) is 18.2 Å². The number of benzene rings is 1. The molecule has 1 aliphatic heterocycles. The second-order valence-electron chi connectivity index (χ2n) is 4.39. The van der Waals surface area contributed by atoms with Crippen molar-refractivity contribution in [2.45, 2.75) is 25.6 Å². The molecule has 0 saturated carbocycles. The highest BCUT2D eigenvalue weighted by Crippen LogP contribution is 2.50. The van der Waals surface area contributed by atoms with Crippen molar-refractivity contribution in [3.05, 3.63) is 36.0 Å². The van der Waals surface area contributed by atoms with Crippen molar-refractivity contribution < 1.29 is 4.74 Å². The Kier molecular flexibility index (Phi) is 1.38. The van der Waals surface area contributed by atoms with Crippen LogP contribution in [0, 0.1) is 0 Å². The summed E-state index contributed by atoms with van der Waals surface area (Å²) in [7, 11) is 0.